The van der Waals surface area contributed by atoms with Crippen LogP contribution in [0.3, 0.4) is 0 Å². The maximum absolute atomic E-state index is 12.6. The molecule has 3 aromatic rings. The zero-order chi connectivity index (χ0) is 25.2. The quantitative estimate of drug-likeness (QED) is 0.506. The van der Waals surface area contributed by atoms with E-state index in [0.29, 0.717) is 28.2 Å². The average molecular weight is 499 g/mol. The predicted molar refractivity (Wildman–Crippen MR) is 131 cm³/mol. The number of nitrogens with zero attached hydrogens (tertiary/aromatic N) is 4. The van der Waals surface area contributed by atoms with Crippen molar-refractivity contribution < 1.29 is 18.8 Å². The lowest BCUT2D eigenvalue weighted by Crippen LogP contribution is -2.40. The van der Waals surface area contributed by atoms with Crippen LogP contribution in [0.1, 0.15) is 45.9 Å². The highest BCUT2D eigenvalue weighted by molar-refractivity contribution is 6.30. The van der Waals surface area contributed by atoms with E-state index < -0.39 is 11.7 Å². The molecule has 0 unspecified atom stereocenters. The van der Waals surface area contributed by atoms with Gasteiger partial charge in [-0.25, -0.2) is 9.78 Å². The smallest absolute Gasteiger partial charge is 0.407 e. The molecule has 11 heteroatoms. The fraction of sp³-hybridized carbons (Fsp3) is 0.375. The normalized spacial score (nSPS) is 16.8. The van der Waals surface area contributed by atoms with E-state index in [2.05, 4.69) is 25.8 Å². The van der Waals surface area contributed by atoms with Crippen molar-refractivity contribution in [1.82, 2.24) is 20.4 Å². The van der Waals surface area contributed by atoms with Crippen LogP contribution in [0.15, 0.2) is 47.1 Å². The molecule has 0 bridgehead atoms. The van der Waals surface area contributed by atoms with Crippen LogP contribution in [0.5, 0.6) is 0 Å². The molecule has 2 N–H and O–H groups in total. The first-order chi connectivity index (χ1) is 16.6. The number of carbonyl (C=O) groups excluding carboxylic acids is 2. The lowest BCUT2D eigenvalue weighted by atomic mass is 10.1. The van der Waals surface area contributed by atoms with Gasteiger partial charge in [0.15, 0.2) is 5.76 Å². The second-order valence-electron chi connectivity index (χ2n) is 9.28. The molecule has 1 saturated heterocycles. The van der Waals surface area contributed by atoms with E-state index in [4.69, 9.17) is 20.9 Å². The summed E-state index contributed by atoms with van der Waals surface area (Å²) in [6.07, 6.45) is 1.18. The molecule has 10 nitrogen and oxygen atoms in total. The number of rotatable bonds is 6. The number of ether oxygens (including phenoxy) is 1. The molecule has 0 radical (unpaired) electrons. The van der Waals surface area contributed by atoms with E-state index in [1.165, 1.54) is 4.90 Å². The van der Waals surface area contributed by atoms with Gasteiger partial charge in [0.25, 0.3) is 0 Å². The number of carbonyl (C=O) groups is 2. The number of nitrogens with one attached hydrogen (secondary N) is 2. The van der Waals surface area contributed by atoms with Crippen molar-refractivity contribution in [2.45, 2.75) is 51.8 Å². The monoisotopic (exact) mass is 498 g/mol. The molecule has 1 aliphatic rings. The van der Waals surface area contributed by atoms with Gasteiger partial charge in [-0.3, -0.25) is 9.69 Å². The molecule has 1 aromatic carbocycles. The molecule has 2 atom stereocenters. The van der Waals surface area contributed by atoms with Crippen LogP contribution in [0.4, 0.5) is 16.6 Å². The average Bonchev–Trinajstić information content (AvgIpc) is 3.40. The number of halogens is 1. The molecular weight excluding hydrogens is 472 g/mol. The summed E-state index contributed by atoms with van der Waals surface area (Å²) in [5.41, 5.74) is 0.916. The van der Waals surface area contributed by atoms with E-state index in [1.807, 2.05) is 25.1 Å². The fourth-order valence-corrected chi connectivity index (χ4v) is 3.71. The van der Waals surface area contributed by atoms with E-state index in [-0.39, 0.29) is 31.0 Å². The molecule has 184 valence electrons. The maximum Gasteiger partial charge on any atom is 0.407 e. The minimum absolute atomic E-state index is 0.145. The van der Waals surface area contributed by atoms with Crippen LogP contribution in [0, 0.1) is 0 Å². The van der Waals surface area contributed by atoms with Crippen molar-refractivity contribution in [1.29, 1.82) is 0 Å². The Morgan fingerprint density at radius 2 is 2.00 bits per heavy atom. The van der Waals surface area contributed by atoms with E-state index in [9.17, 15) is 9.59 Å². The summed E-state index contributed by atoms with van der Waals surface area (Å²) >= 11 is 5.95. The van der Waals surface area contributed by atoms with Gasteiger partial charge in [-0.15, -0.1) is 0 Å². The molecule has 4 rings (SSSR count). The van der Waals surface area contributed by atoms with Crippen LogP contribution in [0.2, 0.25) is 5.02 Å². The second kappa shape index (κ2) is 9.91. The third kappa shape index (κ3) is 6.27. The third-order valence-electron chi connectivity index (χ3n) is 5.21. The standard InChI is InChI=1S/C24H27ClN6O4/c1-14(18-12-19(35-30-18)15-5-7-16(25)8-6-15)27-22-26-10-9-20(29-22)31-13-17(11-21(31)32)28-23(33)34-24(2,3)4/h5-10,12,14,17H,11,13H2,1-4H3,(H,28,33)(H,26,27,29)/t14-,17+/m0/s1. The number of hydrogen-bond donors (Lipinski definition) is 2. The van der Waals surface area contributed by atoms with Crippen LogP contribution in [-0.2, 0) is 9.53 Å². The summed E-state index contributed by atoms with van der Waals surface area (Å²) in [5.74, 6) is 1.25. The van der Waals surface area contributed by atoms with Crippen molar-refractivity contribution in [2.75, 3.05) is 16.8 Å². The van der Waals surface area contributed by atoms with Gasteiger partial charge in [-0.2, -0.15) is 4.98 Å². The lowest BCUT2D eigenvalue weighted by Gasteiger charge is -2.21. The molecular formula is C24H27ClN6O4. The van der Waals surface area contributed by atoms with E-state index in [0.717, 1.165) is 5.56 Å². The van der Waals surface area contributed by atoms with Crippen molar-refractivity contribution in [3.63, 3.8) is 0 Å². The largest absolute Gasteiger partial charge is 0.444 e. The van der Waals surface area contributed by atoms with Gasteiger partial charge in [0.05, 0.1) is 12.1 Å². The summed E-state index contributed by atoms with van der Waals surface area (Å²) in [7, 11) is 0. The molecule has 0 spiro atoms. The highest BCUT2D eigenvalue weighted by atomic mass is 35.5. The van der Waals surface area contributed by atoms with E-state index >= 15 is 0 Å². The molecule has 2 aromatic heterocycles. The molecule has 0 aliphatic carbocycles. The topological polar surface area (TPSA) is 122 Å². The Labute approximate surface area is 208 Å². The van der Waals surface area contributed by atoms with Gasteiger partial charge in [0, 0.05) is 35.8 Å². The minimum Gasteiger partial charge on any atom is -0.444 e. The second-order valence-corrected chi connectivity index (χ2v) is 9.72. The summed E-state index contributed by atoms with van der Waals surface area (Å²) in [4.78, 5) is 34.9. The Morgan fingerprint density at radius 1 is 1.26 bits per heavy atom. The Morgan fingerprint density at radius 3 is 2.71 bits per heavy atom. The van der Waals surface area contributed by atoms with Gasteiger partial charge >= 0.3 is 6.09 Å². The zero-order valence-electron chi connectivity index (χ0n) is 19.9. The van der Waals surface area contributed by atoms with Gasteiger partial charge in [0.2, 0.25) is 11.9 Å². The highest BCUT2D eigenvalue weighted by Crippen LogP contribution is 2.26. The van der Waals surface area contributed by atoms with Crippen molar-refractivity contribution in [2.24, 2.45) is 0 Å². The van der Waals surface area contributed by atoms with Crippen molar-refractivity contribution in [3.8, 4) is 11.3 Å². The number of aromatic nitrogens is 3. The van der Waals surface area contributed by atoms with Gasteiger partial charge in [-0.05, 0) is 58.0 Å². The summed E-state index contributed by atoms with van der Waals surface area (Å²) in [6, 6.07) is 10.1. The Kier molecular flexibility index (Phi) is 6.93. The van der Waals surface area contributed by atoms with Gasteiger partial charge in [-0.1, -0.05) is 16.8 Å². The molecule has 2 amide bonds. The SMILES string of the molecule is C[C@H](Nc1nccc(N2C[C@H](NC(=O)OC(C)(C)C)CC2=O)n1)c1cc(-c2ccc(Cl)cc2)on1. The van der Waals surface area contributed by atoms with Crippen LogP contribution >= 0.6 is 11.6 Å². The number of benzene rings is 1. The fourth-order valence-electron chi connectivity index (χ4n) is 3.58. The molecule has 1 fully saturated rings. The number of hydrogen-bond acceptors (Lipinski definition) is 8. The van der Waals surface area contributed by atoms with E-state index in [1.54, 1.807) is 45.2 Å². The number of anilines is 2. The first-order valence-corrected chi connectivity index (χ1v) is 11.6. The molecule has 3 heterocycles. The van der Waals surface area contributed by atoms with Gasteiger partial charge in [0.1, 0.15) is 17.1 Å². The number of alkyl carbamates (subject to hydrolysis) is 1. The first-order valence-electron chi connectivity index (χ1n) is 11.2. The summed E-state index contributed by atoms with van der Waals surface area (Å²) in [5, 5.41) is 10.7. The molecule has 0 saturated carbocycles. The van der Waals surface area contributed by atoms with Gasteiger partial charge < -0.3 is 19.9 Å². The van der Waals surface area contributed by atoms with Crippen LogP contribution < -0.4 is 15.5 Å². The van der Waals surface area contributed by atoms with Crippen molar-refractivity contribution in [3.05, 3.63) is 53.3 Å². The van der Waals surface area contributed by atoms with Crippen LogP contribution in [-0.4, -0.2) is 45.3 Å². The molecule has 35 heavy (non-hydrogen) atoms. The van der Waals surface area contributed by atoms with Crippen molar-refractivity contribution >= 4 is 35.4 Å². The summed E-state index contributed by atoms with van der Waals surface area (Å²) in [6.45, 7) is 7.55. The lowest BCUT2D eigenvalue weighted by molar-refractivity contribution is -0.117. The predicted octanol–water partition coefficient (Wildman–Crippen LogP) is 4.59. The Balaban J connectivity index is 1.40. The Bertz CT molecular complexity index is 1210. The third-order valence-corrected chi connectivity index (χ3v) is 5.46. The van der Waals surface area contributed by atoms with Crippen LogP contribution in [0.25, 0.3) is 11.3 Å². The first kappa shape index (κ1) is 24.5. The Hall–Kier alpha value is -3.66. The zero-order valence-corrected chi connectivity index (χ0v) is 20.7. The summed E-state index contributed by atoms with van der Waals surface area (Å²) < 4.78 is 10.8. The maximum atomic E-state index is 12.6. The highest BCUT2D eigenvalue weighted by Gasteiger charge is 2.33. The number of amides is 2. The molecule has 1 aliphatic heterocycles. The minimum atomic E-state index is -0.615.